The van der Waals surface area contributed by atoms with E-state index in [1.54, 1.807) is 24.7 Å². The Morgan fingerprint density at radius 1 is 0.935 bits per heavy atom. The molecule has 0 saturated carbocycles. The second-order valence-electron chi connectivity index (χ2n) is 6.81. The molecule has 7 heteroatoms. The number of hydrogen-bond acceptors (Lipinski definition) is 3. The van der Waals surface area contributed by atoms with Gasteiger partial charge in [0.25, 0.3) is 0 Å². The molecule has 3 aromatic carbocycles. The van der Waals surface area contributed by atoms with E-state index in [0.29, 0.717) is 17.3 Å². The Balaban J connectivity index is 1.52. The quantitative estimate of drug-likeness (QED) is 0.255. The molecule has 0 radical (unpaired) electrons. The smallest absolute Gasteiger partial charge is 0.191 e. The van der Waals surface area contributed by atoms with Crippen molar-refractivity contribution < 1.29 is 4.39 Å². The van der Waals surface area contributed by atoms with Gasteiger partial charge in [0.15, 0.2) is 5.11 Å². The average Bonchev–Trinajstić information content (AvgIpc) is 3.32. The normalized spacial score (nSPS) is 11.2. The molecule has 0 amide bonds. The highest BCUT2D eigenvalue weighted by Crippen LogP contribution is 2.19. The first kappa shape index (κ1) is 20.4. The predicted octanol–water partition coefficient (Wildman–Crippen LogP) is 5.08. The molecule has 0 bridgehead atoms. The second-order valence-corrected chi connectivity index (χ2v) is 7.22. The fourth-order valence-corrected chi connectivity index (χ4v) is 3.20. The van der Waals surface area contributed by atoms with Gasteiger partial charge in [0, 0.05) is 18.1 Å². The van der Waals surface area contributed by atoms with E-state index < -0.39 is 0 Å². The van der Waals surface area contributed by atoms with Crippen LogP contribution >= 0.6 is 12.2 Å². The lowest BCUT2D eigenvalue weighted by Crippen LogP contribution is -2.26. The van der Waals surface area contributed by atoms with Crippen LogP contribution in [0.15, 0.2) is 103 Å². The molecule has 4 aromatic rings. The maximum atomic E-state index is 13.1. The number of aromatic nitrogens is 2. The lowest BCUT2D eigenvalue weighted by molar-refractivity contribution is 0.628. The van der Waals surface area contributed by atoms with Crippen LogP contribution in [0.5, 0.6) is 0 Å². The van der Waals surface area contributed by atoms with Gasteiger partial charge in [-0.05, 0) is 53.2 Å². The van der Waals surface area contributed by atoms with Crippen LogP contribution in [0.3, 0.4) is 0 Å². The van der Waals surface area contributed by atoms with Crippen LogP contribution in [-0.4, -0.2) is 20.4 Å². The molecule has 0 fully saturated rings. The lowest BCUT2D eigenvalue weighted by atomic mass is 10.0. The van der Waals surface area contributed by atoms with E-state index in [-0.39, 0.29) is 5.82 Å². The number of hydrogen-bond donors (Lipinski definition) is 2. The number of nitrogens with one attached hydrogen (secondary N) is 2. The molecule has 4 rings (SSSR count). The highest BCUT2D eigenvalue weighted by Gasteiger charge is 2.07. The summed E-state index contributed by atoms with van der Waals surface area (Å²) < 4.78 is 15.0. The van der Waals surface area contributed by atoms with Gasteiger partial charge < -0.3 is 9.88 Å². The van der Waals surface area contributed by atoms with Gasteiger partial charge in [-0.3, -0.25) is 5.43 Å². The van der Waals surface area contributed by atoms with Crippen molar-refractivity contribution in [1.82, 2.24) is 15.0 Å². The SMILES string of the molecule is Fc1ccc(NC(=S)N/N=C(/Cn2ccnc2)c2ccc(-c3ccccc3)cc2)cc1. The minimum absolute atomic E-state index is 0.302. The number of benzene rings is 3. The summed E-state index contributed by atoms with van der Waals surface area (Å²) in [5, 5.41) is 7.83. The molecule has 0 unspecified atom stereocenters. The van der Waals surface area contributed by atoms with E-state index in [1.165, 1.54) is 12.1 Å². The van der Waals surface area contributed by atoms with Crippen LogP contribution in [0.2, 0.25) is 0 Å². The summed E-state index contributed by atoms with van der Waals surface area (Å²) in [5.41, 5.74) is 7.61. The molecular formula is C24H20FN5S. The summed E-state index contributed by atoms with van der Waals surface area (Å²) in [6.45, 7) is 0.525. The topological polar surface area (TPSA) is 54.2 Å². The van der Waals surface area contributed by atoms with E-state index in [4.69, 9.17) is 12.2 Å². The average molecular weight is 430 g/mol. The maximum Gasteiger partial charge on any atom is 0.191 e. The summed E-state index contributed by atoms with van der Waals surface area (Å²) in [4.78, 5) is 4.10. The predicted molar refractivity (Wildman–Crippen MR) is 126 cm³/mol. The van der Waals surface area contributed by atoms with Crippen LogP contribution in [0.25, 0.3) is 11.1 Å². The molecule has 1 heterocycles. The van der Waals surface area contributed by atoms with Crippen LogP contribution in [0.1, 0.15) is 5.56 Å². The Bertz CT molecular complexity index is 1160. The van der Waals surface area contributed by atoms with E-state index in [2.05, 4.69) is 45.1 Å². The van der Waals surface area contributed by atoms with E-state index in [0.717, 1.165) is 22.4 Å². The summed E-state index contributed by atoms with van der Waals surface area (Å²) in [6.07, 6.45) is 5.34. The van der Waals surface area contributed by atoms with Crippen molar-refractivity contribution in [2.75, 3.05) is 5.32 Å². The molecule has 0 atom stereocenters. The minimum atomic E-state index is -0.302. The van der Waals surface area contributed by atoms with Gasteiger partial charge in [-0.1, -0.05) is 54.6 Å². The molecular weight excluding hydrogens is 409 g/mol. The van der Waals surface area contributed by atoms with Crippen molar-refractivity contribution in [3.8, 4) is 11.1 Å². The first-order valence-corrected chi connectivity index (χ1v) is 10.1. The molecule has 31 heavy (non-hydrogen) atoms. The zero-order chi connectivity index (χ0) is 21.5. The van der Waals surface area contributed by atoms with Crippen molar-refractivity contribution in [3.63, 3.8) is 0 Å². The van der Waals surface area contributed by atoms with Crippen molar-refractivity contribution in [3.05, 3.63) is 109 Å². The Hall–Kier alpha value is -3.84. The van der Waals surface area contributed by atoms with E-state index in [9.17, 15) is 4.39 Å². The largest absolute Gasteiger partial charge is 0.331 e. The summed E-state index contributed by atoms with van der Waals surface area (Å²) in [5.74, 6) is -0.302. The number of thiocarbonyl (C=S) groups is 1. The Morgan fingerprint density at radius 3 is 2.32 bits per heavy atom. The van der Waals surface area contributed by atoms with Gasteiger partial charge in [0.1, 0.15) is 5.82 Å². The summed E-state index contributed by atoms with van der Waals surface area (Å²) in [6, 6.07) is 24.4. The number of halogens is 1. The highest BCUT2D eigenvalue weighted by molar-refractivity contribution is 7.80. The lowest BCUT2D eigenvalue weighted by Gasteiger charge is -2.11. The van der Waals surface area contributed by atoms with Crippen LogP contribution < -0.4 is 10.7 Å². The Kier molecular flexibility index (Phi) is 6.44. The van der Waals surface area contributed by atoms with Crippen molar-refractivity contribution in [2.45, 2.75) is 6.54 Å². The van der Waals surface area contributed by atoms with Crippen molar-refractivity contribution in [1.29, 1.82) is 0 Å². The van der Waals surface area contributed by atoms with Crippen LogP contribution in [0, 0.1) is 5.82 Å². The fourth-order valence-electron chi connectivity index (χ4n) is 3.04. The Labute approximate surface area is 185 Å². The van der Waals surface area contributed by atoms with Crippen LogP contribution in [-0.2, 0) is 6.54 Å². The minimum Gasteiger partial charge on any atom is -0.331 e. The van der Waals surface area contributed by atoms with Gasteiger partial charge in [-0.15, -0.1) is 0 Å². The first-order chi connectivity index (χ1) is 15.2. The fraction of sp³-hybridized carbons (Fsp3) is 0.0417. The third-order valence-corrected chi connectivity index (χ3v) is 4.80. The second kappa shape index (κ2) is 9.77. The molecule has 1 aromatic heterocycles. The molecule has 2 N–H and O–H groups in total. The molecule has 0 aliphatic carbocycles. The summed E-state index contributed by atoms with van der Waals surface area (Å²) >= 11 is 5.33. The third-order valence-electron chi connectivity index (χ3n) is 4.61. The van der Waals surface area contributed by atoms with E-state index in [1.807, 2.05) is 41.1 Å². The molecule has 0 aliphatic rings. The van der Waals surface area contributed by atoms with Gasteiger partial charge in [-0.2, -0.15) is 5.10 Å². The molecule has 0 saturated heterocycles. The molecule has 154 valence electrons. The standard InChI is InChI=1S/C24H20FN5S/c25-21-10-12-22(13-11-21)27-24(31)29-28-23(16-30-15-14-26-17-30)20-8-6-19(7-9-20)18-4-2-1-3-5-18/h1-15,17H,16H2,(H2,27,29,31)/b28-23-. The highest BCUT2D eigenvalue weighted by atomic mass is 32.1. The Morgan fingerprint density at radius 2 is 1.65 bits per heavy atom. The summed E-state index contributed by atoms with van der Waals surface area (Å²) in [7, 11) is 0. The van der Waals surface area contributed by atoms with E-state index >= 15 is 0 Å². The third kappa shape index (κ3) is 5.61. The first-order valence-electron chi connectivity index (χ1n) is 9.68. The van der Waals surface area contributed by atoms with Crippen LogP contribution in [0.4, 0.5) is 10.1 Å². The van der Waals surface area contributed by atoms with Gasteiger partial charge in [-0.25, -0.2) is 9.37 Å². The zero-order valence-electron chi connectivity index (χ0n) is 16.6. The maximum absolute atomic E-state index is 13.1. The number of hydrazone groups is 1. The molecule has 0 spiro atoms. The van der Waals surface area contributed by atoms with Gasteiger partial charge in [0.05, 0.1) is 18.6 Å². The monoisotopic (exact) mass is 429 g/mol. The number of anilines is 1. The molecule has 0 aliphatic heterocycles. The zero-order valence-corrected chi connectivity index (χ0v) is 17.4. The number of rotatable bonds is 6. The molecule has 5 nitrogen and oxygen atoms in total. The van der Waals surface area contributed by atoms with Gasteiger partial charge >= 0.3 is 0 Å². The van der Waals surface area contributed by atoms with Gasteiger partial charge in [0.2, 0.25) is 0 Å². The van der Waals surface area contributed by atoms with Crippen molar-refractivity contribution >= 4 is 28.7 Å². The van der Waals surface area contributed by atoms with Crippen molar-refractivity contribution in [2.24, 2.45) is 5.10 Å². The number of nitrogens with zero attached hydrogens (tertiary/aromatic N) is 3. The number of imidazole rings is 1.